The molecule has 1 amide bonds. The zero-order valence-corrected chi connectivity index (χ0v) is 26.6. The van der Waals surface area contributed by atoms with Gasteiger partial charge in [-0.25, -0.2) is 4.99 Å². The molecule has 0 unspecified atom stereocenters. The molecule has 0 aromatic heterocycles. The number of halogens is 3. The molecule has 0 radical (unpaired) electrons. The highest BCUT2D eigenvalue weighted by Crippen LogP contribution is 2.44. The summed E-state index contributed by atoms with van der Waals surface area (Å²) in [6.07, 6.45) is -4.96. The van der Waals surface area contributed by atoms with Crippen LogP contribution in [0.3, 0.4) is 0 Å². The van der Waals surface area contributed by atoms with Gasteiger partial charge in [-0.1, -0.05) is 53.6 Å². The summed E-state index contributed by atoms with van der Waals surface area (Å²) < 4.78 is 57.3. The van der Waals surface area contributed by atoms with Gasteiger partial charge >= 0.3 is 6.18 Å². The van der Waals surface area contributed by atoms with Gasteiger partial charge in [-0.3, -0.25) is 4.79 Å². The molecular weight excluding hydrogens is 639 g/mol. The lowest BCUT2D eigenvalue weighted by atomic mass is 9.80. The molecule has 2 N–H and O–H groups in total. The maximum atomic E-state index is 14.6. The van der Waals surface area contributed by atoms with Crippen molar-refractivity contribution >= 4 is 11.8 Å². The summed E-state index contributed by atoms with van der Waals surface area (Å²) in [5, 5.41) is 15.7. The Hall–Kier alpha value is -5.52. The van der Waals surface area contributed by atoms with Crippen molar-refractivity contribution in [2.24, 2.45) is 10.1 Å². The normalized spacial score (nSPS) is 17.0. The first-order chi connectivity index (χ1) is 23.7. The monoisotopic (exact) mass is 673 g/mol. The minimum Gasteiger partial charge on any atom is -0.497 e. The third kappa shape index (κ3) is 8.32. The summed E-state index contributed by atoms with van der Waals surface area (Å²) >= 11 is 0. The third-order valence-electron chi connectivity index (χ3n) is 8.04. The molecule has 254 valence electrons. The molecule has 13 heteroatoms. The van der Waals surface area contributed by atoms with Crippen molar-refractivity contribution in [3.05, 3.63) is 141 Å². The van der Waals surface area contributed by atoms with E-state index in [1.807, 2.05) is 6.07 Å². The Labute approximate surface area is 280 Å². The predicted octanol–water partition coefficient (Wildman–Crippen LogP) is 7.10. The van der Waals surface area contributed by atoms with Crippen LogP contribution in [-0.4, -0.2) is 42.8 Å². The van der Waals surface area contributed by atoms with Crippen LogP contribution in [0.1, 0.15) is 45.9 Å². The summed E-state index contributed by atoms with van der Waals surface area (Å²) in [7, 11) is 1.52. The highest BCUT2D eigenvalue weighted by Gasteiger charge is 2.53. The number of nitrogens with one attached hydrogen (secondary N) is 1. The minimum absolute atomic E-state index is 0.00337. The number of alkyl halides is 3. The van der Waals surface area contributed by atoms with E-state index in [1.54, 1.807) is 66.7 Å². The van der Waals surface area contributed by atoms with Gasteiger partial charge in [0.25, 0.3) is 5.91 Å². The highest BCUT2D eigenvalue weighted by molar-refractivity contribution is 6.01. The molecule has 0 spiro atoms. The molecule has 0 fully saturated rings. The number of aliphatic hydroxyl groups excluding tert-OH is 1. The molecule has 1 heterocycles. The summed E-state index contributed by atoms with van der Waals surface area (Å²) in [5.41, 5.74) is 9.60. The van der Waals surface area contributed by atoms with E-state index in [9.17, 15) is 18.0 Å². The molecule has 4 aromatic rings. The lowest BCUT2D eigenvalue weighted by molar-refractivity contribution is -0.137. The van der Waals surface area contributed by atoms with E-state index in [0.29, 0.717) is 52.3 Å². The second-order valence-corrected chi connectivity index (χ2v) is 11.3. The Bertz CT molecular complexity index is 1830. The average Bonchev–Trinajstić information content (AvgIpc) is 3.51. The van der Waals surface area contributed by atoms with Crippen molar-refractivity contribution in [1.29, 1.82) is 0 Å². The van der Waals surface area contributed by atoms with Gasteiger partial charge in [0.1, 0.15) is 11.5 Å². The van der Waals surface area contributed by atoms with Crippen molar-refractivity contribution in [3.8, 4) is 11.5 Å². The number of hydrogen-bond acceptors (Lipinski definition) is 7. The molecule has 2 atom stereocenters. The lowest BCUT2D eigenvalue weighted by Crippen LogP contribution is -2.49. The zero-order valence-electron chi connectivity index (χ0n) is 26.6. The van der Waals surface area contributed by atoms with Gasteiger partial charge in [0.05, 0.1) is 25.8 Å². The van der Waals surface area contributed by atoms with E-state index in [0.717, 1.165) is 12.1 Å². The number of azide groups is 1. The maximum Gasteiger partial charge on any atom is 0.416 e. The fraction of sp³-hybridized carbons (Fsp3) is 0.278. The van der Waals surface area contributed by atoms with E-state index in [1.165, 1.54) is 19.2 Å². The van der Waals surface area contributed by atoms with E-state index >= 15 is 0 Å². The molecule has 1 aliphatic heterocycles. The van der Waals surface area contributed by atoms with Crippen molar-refractivity contribution in [2.45, 2.75) is 43.8 Å². The predicted molar refractivity (Wildman–Crippen MR) is 176 cm³/mol. The molecule has 0 saturated heterocycles. The molecular formula is C36H34F3N5O5. The summed E-state index contributed by atoms with van der Waals surface area (Å²) in [4.78, 5) is 22.5. The Morgan fingerprint density at radius 3 is 2.43 bits per heavy atom. The van der Waals surface area contributed by atoms with Crippen LogP contribution in [0.2, 0.25) is 0 Å². The van der Waals surface area contributed by atoms with Gasteiger partial charge < -0.3 is 24.6 Å². The number of methoxy groups -OCH3 is 1. The Morgan fingerprint density at radius 1 is 1.02 bits per heavy atom. The topological polar surface area (TPSA) is 138 Å². The third-order valence-corrected chi connectivity index (χ3v) is 8.04. The Morgan fingerprint density at radius 2 is 1.76 bits per heavy atom. The quantitative estimate of drug-likeness (QED) is 0.0637. The SMILES string of the molecule is COc1cccc([C@H]2OC(c3ccc(OCCCO)cc3)=N[C@@]2(Cc2ccccc2CN=[N+]=[N-])C(=O)NCc2ccc(C(F)(F)F)cc2)c1. The molecule has 1 aliphatic rings. The molecule has 0 saturated carbocycles. The van der Waals surface area contributed by atoms with Gasteiger partial charge in [0.15, 0.2) is 11.6 Å². The first kappa shape index (κ1) is 34.8. The standard InChI is InChI=1S/C36H34F3N5O5/c1-47-31-9-4-8-26(20-31)32-35(21-27-6-2-3-7-28(27)23-42-44-40,34(46)41-22-24-10-14-29(15-11-24)36(37,38)39)43-33(49-32)25-12-16-30(17-13-25)48-19-5-18-45/h2-4,6-17,20,32,45H,5,18-19,21-23H2,1H3,(H,41,46)/t32-,35-/m1/s1. The van der Waals surface area contributed by atoms with Crippen molar-refractivity contribution in [2.75, 3.05) is 20.3 Å². The van der Waals surface area contributed by atoms with Crippen LogP contribution >= 0.6 is 0 Å². The number of carbonyl (C=O) groups is 1. The van der Waals surface area contributed by atoms with Crippen molar-refractivity contribution < 1.29 is 37.3 Å². The van der Waals surface area contributed by atoms with Crippen LogP contribution in [0.25, 0.3) is 10.4 Å². The van der Waals surface area contributed by atoms with Crippen molar-refractivity contribution in [1.82, 2.24) is 5.32 Å². The van der Waals surface area contributed by atoms with E-state index in [2.05, 4.69) is 15.3 Å². The molecule has 10 nitrogen and oxygen atoms in total. The van der Waals surface area contributed by atoms with Gasteiger partial charge in [-0.05, 0) is 76.3 Å². The number of rotatable bonds is 14. The summed E-state index contributed by atoms with van der Waals surface area (Å²) in [6, 6.07) is 25.8. The highest BCUT2D eigenvalue weighted by atomic mass is 19.4. The average molecular weight is 674 g/mol. The number of nitrogens with zero attached hydrogens (tertiary/aromatic N) is 4. The largest absolute Gasteiger partial charge is 0.497 e. The molecule has 49 heavy (non-hydrogen) atoms. The van der Waals surface area contributed by atoms with Gasteiger partial charge in [0.2, 0.25) is 5.90 Å². The van der Waals surface area contributed by atoms with E-state index in [-0.39, 0.29) is 32.0 Å². The smallest absolute Gasteiger partial charge is 0.416 e. The van der Waals surface area contributed by atoms with Crippen LogP contribution in [0, 0.1) is 0 Å². The zero-order chi connectivity index (χ0) is 34.9. The summed E-state index contributed by atoms with van der Waals surface area (Å²) in [5.74, 6) is 0.763. The first-order valence-corrected chi connectivity index (χ1v) is 15.4. The van der Waals surface area contributed by atoms with Crippen LogP contribution in [-0.2, 0) is 35.2 Å². The Balaban J connectivity index is 1.59. The number of carbonyl (C=O) groups excluding carboxylic acids is 1. The van der Waals surface area contributed by atoms with Gasteiger partial charge in [-0.2, -0.15) is 13.2 Å². The first-order valence-electron chi connectivity index (χ1n) is 15.4. The Kier molecular flexibility index (Phi) is 11.1. The second kappa shape index (κ2) is 15.6. The van der Waals surface area contributed by atoms with Crippen LogP contribution in [0.15, 0.2) is 107 Å². The fourth-order valence-electron chi connectivity index (χ4n) is 5.52. The van der Waals surface area contributed by atoms with Crippen molar-refractivity contribution in [3.63, 3.8) is 0 Å². The number of amides is 1. The van der Waals surface area contributed by atoms with E-state index < -0.39 is 29.3 Å². The number of hydrogen-bond donors (Lipinski definition) is 2. The summed E-state index contributed by atoms with van der Waals surface area (Å²) in [6.45, 7) is 0.301. The number of benzene rings is 4. The van der Waals surface area contributed by atoms with Crippen LogP contribution < -0.4 is 14.8 Å². The molecule has 4 aromatic carbocycles. The maximum absolute atomic E-state index is 14.6. The number of aliphatic imine (C=N–C) groups is 1. The van der Waals surface area contributed by atoms with Gasteiger partial charge in [0, 0.05) is 36.5 Å². The van der Waals surface area contributed by atoms with Crippen LogP contribution in [0.4, 0.5) is 13.2 Å². The lowest BCUT2D eigenvalue weighted by Gasteiger charge is -2.31. The molecule has 5 rings (SSSR count). The molecule has 0 bridgehead atoms. The minimum atomic E-state index is -4.49. The number of ether oxygens (including phenoxy) is 3. The number of aliphatic hydroxyl groups is 1. The van der Waals surface area contributed by atoms with E-state index in [4.69, 9.17) is 29.8 Å². The van der Waals surface area contributed by atoms with Crippen LogP contribution in [0.5, 0.6) is 11.5 Å². The van der Waals surface area contributed by atoms with Gasteiger partial charge in [-0.15, -0.1) is 0 Å². The fourth-order valence-corrected chi connectivity index (χ4v) is 5.52. The second-order valence-electron chi connectivity index (χ2n) is 11.3. The molecule has 0 aliphatic carbocycles.